The molecule has 0 aliphatic carbocycles. The number of unbranched alkanes of at least 4 members (excludes halogenated alkanes) is 32. The molecule has 1 aliphatic rings. The average Bonchev–Trinajstić information content (AvgIpc) is 3.33. The zero-order chi connectivity index (χ0) is 48.4. The lowest BCUT2D eigenvalue weighted by molar-refractivity contribution is -0.260. The standard InChI is InChI=1S/C59H110N2O6/c1-6-8-10-12-14-16-18-20-21-22-23-24-25-26-27-28-29-31-33-35-37-42-46-60-59(64)61-54(57(63)55(62)45-41-36-34-32-30-19-17-15-13-11-9-7-2)48-66-58-52(5)50(3)51(4)56(67-58)49-65-47-53-43-39-38-40-44-53/h38-40,43-44,50-52,54-58,62-63H,6-37,41-42,45-49H2,1-5H3,(H2,60,61,64)/t50-,51+,52?,54-,55+,56?,57-,58-/m0/s1. The first-order valence-corrected chi connectivity index (χ1v) is 29.1. The minimum Gasteiger partial charge on any atom is -0.390 e. The highest BCUT2D eigenvalue weighted by molar-refractivity contribution is 5.74. The van der Waals surface area contributed by atoms with Gasteiger partial charge in [0.1, 0.15) is 6.10 Å². The summed E-state index contributed by atoms with van der Waals surface area (Å²) in [6.07, 6.45) is 42.4. The Balaban J connectivity index is 1.68. The fraction of sp³-hybridized carbons (Fsp3) is 0.881. The maximum Gasteiger partial charge on any atom is 0.315 e. The Morgan fingerprint density at radius 1 is 0.567 bits per heavy atom. The molecule has 1 fully saturated rings. The number of urea groups is 1. The molecule has 8 nitrogen and oxygen atoms in total. The first-order chi connectivity index (χ1) is 32.8. The number of hydrogen-bond acceptors (Lipinski definition) is 6. The number of benzene rings is 1. The highest BCUT2D eigenvalue weighted by atomic mass is 16.7. The number of amides is 2. The van der Waals surface area contributed by atoms with E-state index in [4.69, 9.17) is 14.2 Å². The lowest BCUT2D eigenvalue weighted by Crippen LogP contribution is -2.55. The molecule has 0 radical (unpaired) electrons. The molecule has 1 saturated heterocycles. The molecular weight excluding hydrogens is 833 g/mol. The number of nitrogens with one attached hydrogen (secondary N) is 2. The van der Waals surface area contributed by atoms with Crippen molar-refractivity contribution >= 4 is 6.03 Å². The number of hydrogen-bond donors (Lipinski definition) is 4. The van der Waals surface area contributed by atoms with E-state index in [0.717, 1.165) is 37.7 Å². The topological polar surface area (TPSA) is 109 Å². The summed E-state index contributed by atoms with van der Waals surface area (Å²) >= 11 is 0. The van der Waals surface area contributed by atoms with Gasteiger partial charge in [-0.3, -0.25) is 0 Å². The molecule has 1 aliphatic heterocycles. The Morgan fingerprint density at radius 2 is 0.985 bits per heavy atom. The normalized spacial score (nSPS) is 19.9. The second-order valence-electron chi connectivity index (χ2n) is 21.1. The Kier molecular flexibility index (Phi) is 39.5. The van der Waals surface area contributed by atoms with Crippen molar-refractivity contribution in [2.24, 2.45) is 17.8 Å². The maximum absolute atomic E-state index is 13.2. The third-order valence-electron chi connectivity index (χ3n) is 15.1. The zero-order valence-corrected chi connectivity index (χ0v) is 44.6. The van der Waals surface area contributed by atoms with Gasteiger partial charge in [0.2, 0.25) is 0 Å². The molecule has 1 aromatic rings. The summed E-state index contributed by atoms with van der Waals surface area (Å²) in [4.78, 5) is 13.2. The number of ether oxygens (including phenoxy) is 3. The molecule has 2 amide bonds. The van der Waals surface area contributed by atoms with Crippen LogP contribution in [0.3, 0.4) is 0 Å². The van der Waals surface area contributed by atoms with Crippen molar-refractivity contribution in [2.45, 2.75) is 297 Å². The fourth-order valence-corrected chi connectivity index (χ4v) is 9.95. The summed E-state index contributed by atoms with van der Waals surface area (Å²) in [6.45, 7) is 12.7. The lowest BCUT2D eigenvalue weighted by Gasteiger charge is -2.43. The number of aliphatic hydroxyl groups excluding tert-OH is 2. The van der Waals surface area contributed by atoms with Gasteiger partial charge >= 0.3 is 6.03 Å². The predicted octanol–water partition coefficient (Wildman–Crippen LogP) is 15.9. The Bertz CT molecular complexity index is 1220. The van der Waals surface area contributed by atoms with Crippen LogP contribution in [-0.2, 0) is 20.8 Å². The van der Waals surface area contributed by atoms with Crippen molar-refractivity contribution in [3.63, 3.8) is 0 Å². The summed E-state index contributed by atoms with van der Waals surface area (Å²) < 4.78 is 19.1. The van der Waals surface area contributed by atoms with Crippen molar-refractivity contribution in [3.05, 3.63) is 35.9 Å². The molecule has 2 unspecified atom stereocenters. The van der Waals surface area contributed by atoms with Crippen molar-refractivity contribution < 1.29 is 29.2 Å². The minimum atomic E-state index is -1.16. The van der Waals surface area contributed by atoms with Crippen LogP contribution in [0.5, 0.6) is 0 Å². The van der Waals surface area contributed by atoms with Gasteiger partial charge in [-0.1, -0.05) is 277 Å². The summed E-state index contributed by atoms with van der Waals surface area (Å²) in [5.41, 5.74) is 1.12. The predicted molar refractivity (Wildman–Crippen MR) is 283 cm³/mol. The quantitative estimate of drug-likeness (QED) is 0.0485. The van der Waals surface area contributed by atoms with Crippen LogP contribution in [0, 0.1) is 17.8 Å². The first-order valence-electron chi connectivity index (χ1n) is 29.1. The van der Waals surface area contributed by atoms with E-state index in [2.05, 4.69) is 57.4 Å². The molecule has 4 N–H and O–H groups in total. The largest absolute Gasteiger partial charge is 0.390 e. The number of aliphatic hydroxyl groups is 2. The van der Waals surface area contributed by atoms with Gasteiger partial charge in [0, 0.05) is 12.5 Å². The van der Waals surface area contributed by atoms with Crippen LogP contribution >= 0.6 is 0 Å². The van der Waals surface area contributed by atoms with Gasteiger partial charge in [-0.2, -0.15) is 0 Å². The Hall–Kier alpha value is -1.71. The van der Waals surface area contributed by atoms with E-state index in [1.807, 2.05) is 18.2 Å². The monoisotopic (exact) mass is 943 g/mol. The summed E-state index contributed by atoms with van der Waals surface area (Å²) in [5.74, 6) is 0.697. The van der Waals surface area contributed by atoms with Gasteiger partial charge in [-0.15, -0.1) is 0 Å². The van der Waals surface area contributed by atoms with Gasteiger partial charge in [-0.05, 0) is 30.2 Å². The molecule has 67 heavy (non-hydrogen) atoms. The third kappa shape index (κ3) is 32.0. The van der Waals surface area contributed by atoms with E-state index in [1.54, 1.807) is 0 Å². The van der Waals surface area contributed by atoms with Crippen LogP contribution in [0.25, 0.3) is 0 Å². The highest BCUT2D eigenvalue weighted by Crippen LogP contribution is 2.36. The molecule has 1 aromatic carbocycles. The molecule has 0 aromatic heterocycles. The van der Waals surface area contributed by atoms with Gasteiger partial charge in [0.25, 0.3) is 0 Å². The van der Waals surface area contributed by atoms with E-state index >= 15 is 0 Å². The van der Waals surface area contributed by atoms with Gasteiger partial charge in [-0.25, -0.2) is 4.79 Å². The van der Waals surface area contributed by atoms with E-state index in [9.17, 15) is 15.0 Å². The Morgan fingerprint density at radius 3 is 1.43 bits per heavy atom. The number of carbonyl (C=O) groups excluding carboxylic acids is 1. The van der Waals surface area contributed by atoms with Crippen LogP contribution in [0.4, 0.5) is 4.79 Å². The molecule has 8 atom stereocenters. The minimum absolute atomic E-state index is 0.0389. The van der Waals surface area contributed by atoms with Crippen LogP contribution in [-0.4, -0.2) is 66.6 Å². The molecule has 0 saturated carbocycles. The second kappa shape index (κ2) is 43.1. The number of carbonyl (C=O) groups is 1. The summed E-state index contributed by atoms with van der Waals surface area (Å²) in [6, 6.07) is 9.05. The molecular formula is C59H110N2O6. The van der Waals surface area contributed by atoms with E-state index in [0.29, 0.717) is 32.1 Å². The van der Waals surface area contributed by atoms with Gasteiger partial charge in [0.05, 0.1) is 38.1 Å². The smallest absolute Gasteiger partial charge is 0.315 e. The van der Waals surface area contributed by atoms with Gasteiger partial charge < -0.3 is 35.1 Å². The molecule has 1 heterocycles. The molecule has 392 valence electrons. The van der Waals surface area contributed by atoms with Crippen molar-refractivity contribution in [3.8, 4) is 0 Å². The third-order valence-corrected chi connectivity index (χ3v) is 15.1. The first kappa shape index (κ1) is 61.4. The average molecular weight is 944 g/mol. The van der Waals surface area contributed by atoms with Crippen LogP contribution in [0.2, 0.25) is 0 Å². The zero-order valence-electron chi connectivity index (χ0n) is 44.6. The van der Waals surface area contributed by atoms with Gasteiger partial charge in [0.15, 0.2) is 6.29 Å². The maximum atomic E-state index is 13.2. The highest BCUT2D eigenvalue weighted by Gasteiger charge is 2.40. The van der Waals surface area contributed by atoms with Crippen molar-refractivity contribution in [1.29, 1.82) is 0 Å². The summed E-state index contributed by atoms with van der Waals surface area (Å²) in [5, 5.41) is 28.7. The molecule has 0 spiro atoms. The lowest BCUT2D eigenvalue weighted by atomic mass is 9.79. The van der Waals surface area contributed by atoms with E-state index in [-0.39, 0.29) is 30.6 Å². The van der Waals surface area contributed by atoms with Crippen molar-refractivity contribution in [1.82, 2.24) is 10.6 Å². The van der Waals surface area contributed by atoms with Crippen LogP contribution < -0.4 is 10.6 Å². The molecule has 8 heteroatoms. The summed E-state index contributed by atoms with van der Waals surface area (Å²) in [7, 11) is 0. The fourth-order valence-electron chi connectivity index (χ4n) is 9.95. The Labute approximate surface area is 414 Å². The van der Waals surface area contributed by atoms with E-state index in [1.165, 1.54) is 186 Å². The number of rotatable bonds is 46. The van der Waals surface area contributed by atoms with Crippen LogP contribution in [0.15, 0.2) is 30.3 Å². The second-order valence-corrected chi connectivity index (χ2v) is 21.1. The van der Waals surface area contributed by atoms with E-state index < -0.39 is 24.5 Å². The van der Waals surface area contributed by atoms with Crippen LogP contribution in [0.1, 0.15) is 265 Å². The molecule has 0 bridgehead atoms. The molecule has 2 rings (SSSR count). The SMILES string of the molecule is CCCCCCCCCCCCCCCCCCCCCCCCNC(=O)N[C@@H](CO[C@H]1OC(COCc2ccccc2)[C@H](C)[C@H](C)C1C)[C@H](O)[C@H](O)CCCCCCCCCCCCCC. The van der Waals surface area contributed by atoms with Crippen molar-refractivity contribution in [2.75, 3.05) is 19.8 Å².